The number of carbonyl (C=O) groups is 2. The fraction of sp³-hybridized carbons (Fsp3) is 0.0667. The Balaban J connectivity index is 0.000000211. The van der Waals surface area contributed by atoms with E-state index >= 15 is 0 Å². The van der Waals surface area contributed by atoms with Crippen molar-refractivity contribution in [3.63, 3.8) is 0 Å². The number of phenols is 1. The Labute approximate surface area is 119 Å². The van der Waals surface area contributed by atoms with Gasteiger partial charge in [0.15, 0.2) is 11.6 Å². The number of phenolic OH excluding ortho intramolecular Hbond substituents is 1. The highest BCUT2D eigenvalue weighted by atomic mass is 19.2. The molecule has 2 rings (SSSR count). The number of hydrogen-bond donors (Lipinski definition) is 1. The Morgan fingerprint density at radius 2 is 1.71 bits per heavy atom. The number of rotatable bonds is 2. The van der Waals surface area contributed by atoms with Crippen molar-refractivity contribution in [1.82, 2.24) is 0 Å². The Kier molecular flexibility index (Phi) is 6.00. The van der Waals surface area contributed by atoms with Gasteiger partial charge in [0.2, 0.25) is 0 Å². The first-order valence-electron chi connectivity index (χ1n) is 5.75. The maximum atomic E-state index is 12.2. The predicted octanol–water partition coefficient (Wildman–Crippen LogP) is 2.96. The third-order valence-electron chi connectivity index (χ3n) is 2.37. The van der Waals surface area contributed by atoms with Gasteiger partial charge in [-0.25, -0.2) is 13.6 Å². The van der Waals surface area contributed by atoms with E-state index < -0.39 is 17.6 Å². The van der Waals surface area contributed by atoms with Gasteiger partial charge in [0.25, 0.3) is 0 Å². The Morgan fingerprint density at radius 1 is 1.10 bits per heavy atom. The molecule has 6 heteroatoms. The molecule has 0 aliphatic rings. The smallest absolute Gasteiger partial charge is 0.337 e. The average molecular weight is 294 g/mol. The van der Waals surface area contributed by atoms with Crippen molar-refractivity contribution in [2.24, 2.45) is 0 Å². The van der Waals surface area contributed by atoms with Crippen LogP contribution in [-0.4, -0.2) is 24.5 Å². The van der Waals surface area contributed by atoms with E-state index in [2.05, 4.69) is 4.74 Å². The molecule has 0 saturated heterocycles. The third kappa shape index (κ3) is 5.02. The van der Waals surface area contributed by atoms with E-state index in [4.69, 9.17) is 5.11 Å². The van der Waals surface area contributed by atoms with Crippen molar-refractivity contribution < 1.29 is 28.2 Å². The maximum absolute atomic E-state index is 12.2. The van der Waals surface area contributed by atoms with Gasteiger partial charge in [-0.15, -0.1) is 0 Å². The number of benzene rings is 2. The molecule has 0 radical (unpaired) electrons. The van der Waals surface area contributed by atoms with Crippen LogP contribution in [0.1, 0.15) is 20.7 Å². The third-order valence-corrected chi connectivity index (χ3v) is 2.37. The van der Waals surface area contributed by atoms with Crippen molar-refractivity contribution in [2.45, 2.75) is 0 Å². The van der Waals surface area contributed by atoms with Crippen molar-refractivity contribution in [2.75, 3.05) is 7.11 Å². The summed E-state index contributed by atoms with van der Waals surface area (Å²) < 4.78 is 28.8. The normalized spacial score (nSPS) is 9.29. The monoisotopic (exact) mass is 294 g/mol. The van der Waals surface area contributed by atoms with Crippen LogP contribution >= 0.6 is 0 Å². The van der Waals surface area contributed by atoms with Crippen LogP contribution in [0.15, 0.2) is 42.5 Å². The van der Waals surface area contributed by atoms with Crippen LogP contribution in [0.2, 0.25) is 0 Å². The predicted molar refractivity (Wildman–Crippen MR) is 71.2 cm³/mol. The molecule has 0 aliphatic carbocycles. The average Bonchev–Trinajstić information content (AvgIpc) is 2.50. The van der Waals surface area contributed by atoms with E-state index in [9.17, 15) is 18.4 Å². The van der Waals surface area contributed by atoms with E-state index in [0.717, 1.165) is 12.1 Å². The van der Waals surface area contributed by atoms with Crippen molar-refractivity contribution >= 4 is 12.3 Å². The highest BCUT2D eigenvalue weighted by molar-refractivity contribution is 5.89. The Bertz CT molecular complexity index is 624. The topological polar surface area (TPSA) is 63.6 Å². The molecule has 0 aromatic heterocycles. The molecule has 0 atom stereocenters. The van der Waals surface area contributed by atoms with Crippen LogP contribution < -0.4 is 0 Å². The fourth-order valence-electron chi connectivity index (χ4n) is 1.30. The maximum Gasteiger partial charge on any atom is 0.337 e. The number of aldehydes is 1. The van der Waals surface area contributed by atoms with Gasteiger partial charge in [-0.3, -0.25) is 4.79 Å². The lowest BCUT2D eigenvalue weighted by Gasteiger charge is -1.97. The lowest BCUT2D eigenvalue weighted by molar-refractivity contribution is 0.0600. The molecule has 21 heavy (non-hydrogen) atoms. The second-order valence-corrected chi connectivity index (χ2v) is 3.83. The highest BCUT2D eigenvalue weighted by Gasteiger charge is 2.02. The molecule has 1 N–H and O–H groups in total. The second-order valence-electron chi connectivity index (χ2n) is 3.83. The molecule has 2 aromatic carbocycles. The fourth-order valence-corrected chi connectivity index (χ4v) is 1.30. The quantitative estimate of drug-likeness (QED) is 0.683. The van der Waals surface area contributed by atoms with E-state index in [1.807, 2.05) is 0 Å². The minimum atomic E-state index is -0.996. The number of methoxy groups -OCH3 is 1. The summed E-state index contributed by atoms with van der Waals surface area (Å²) in [5.41, 5.74) is 0.573. The van der Waals surface area contributed by atoms with Crippen LogP contribution in [0.4, 0.5) is 8.78 Å². The van der Waals surface area contributed by atoms with Crippen LogP contribution in [0.5, 0.6) is 5.75 Å². The van der Waals surface area contributed by atoms with Gasteiger partial charge in [0, 0.05) is 5.56 Å². The first-order chi connectivity index (χ1) is 9.97. The van der Waals surface area contributed by atoms with Crippen LogP contribution in [0.3, 0.4) is 0 Å². The lowest BCUT2D eigenvalue weighted by Crippen LogP contribution is -1.99. The Morgan fingerprint density at radius 3 is 2.19 bits per heavy atom. The Hall–Kier alpha value is -2.76. The molecular weight excluding hydrogens is 282 g/mol. The van der Waals surface area contributed by atoms with Gasteiger partial charge in [-0.1, -0.05) is 0 Å². The molecule has 0 fully saturated rings. The molecule has 110 valence electrons. The SMILES string of the molecule is COC(=O)c1ccc(O)cc1.O=Cc1ccc(F)c(F)c1. The number of halogens is 2. The minimum absolute atomic E-state index is 0.137. The number of esters is 1. The van der Waals surface area contributed by atoms with Crippen molar-refractivity contribution in [3.05, 3.63) is 65.2 Å². The lowest BCUT2D eigenvalue weighted by atomic mass is 10.2. The van der Waals surface area contributed by atoms with Gasteiger partial charge < -0.3 is 9.84 Å². The number of aromatic hydroxyl groups is 1. The summed E-state index contributed by atoms with van der Waals surface area (Å²) in [4.78, 5) is 20.8. The summed E-state index contributed by atoms with van der Waals surface area (Å²) >= 11 is 0. The van der Waals surface area contributed by atoms with Gasteiger partial charge in [0.1, 0.15) is 12.0 Å². The zero-order valence-electron chi connectivity index (χ0n) is 11.0. The zero-order chi connectivity index (χ0) is 15.8. The van der Waals surface area contributed by atoms with Crippen molar-refractivity contribution in [1.29, 1.82) is 0 Å². The number of carbonyl (C=O) groups excluding carboxylic acids is 2. The molecule has 0 unspecified atom stereocenters. The molecule has 0 aliphatic heterocycles. The van der Waals surface area contributed by atoms with E-state index in [1.54, 1.807) is 0 Å². The molecule has 0 amide bonds. The van der Waals surface area contributed by atoms with Crippen LogP contribution in [-0.2, 0) is 4.74 Å². The summed E-state index contributed by atoms with van der Waals surface area (Å²) in [5, 5.41) is 8.86. The molecule has 2 aromatic rings. The van der Waals surface area contributed by atoms with E-state index in [0.29, 0.717) is 11.8 Å². The molecule has 0 spiro atoms. The second kappa shape index (κ2) is 7.74. The number of hydrogen-bond acceptors (Lipinski definition) is 4. The zero-order valence-corrected chi connectivity index (χ0v) is 11.0. The summed E-state index contributed by atoms with van der Waals surface area (Å²) in [6, 6.07) is 8.85. The highest BCUT2D eigenvalue weighted by Crippen LogP contribution is 2.09. The summed E-state index contributed by atoms with van der Waals surface area (Å²) in [7, 11) is 1.31. The minimum Gasteiger partial charge on any atom is -0.508 e. The van der Waals surface area contributed by atoms with E-state index in [-0.39, 0.29) is 11.3 Å². The largest absolute Gasteiger partial charge is 0.508 e. The van der Waals surface area contributed by atoms with Gasteiger partial charge in [-0.05, 0) is 42.5 Å². The molecule has 0 heterocycles. The summed E-state index contributed by atoms with van der Waals surface area (Å²) in [6.07, 6.45) is 0.461. The summed E-state index contributed by atoms with van der Waals surface area (Å²) in [6.45, 7) is 0. The first kappa shape index (κ1) is 16.3. The summed E-state index contributed by atoms with van der Waals surface area (Å²) in [5.74, 6) is -2.20. The number of ether oxygens (including phenoxy) is 1. The standard InChI is InChI=1S/C8H8O3.C7H4F2O/c1-11-8(10)6-2-4-7(9)5-3-6;8-6-2-1-5(4-10)3-7(6)9/h2-5,9H,1H3;1-4H. The van der Waals surface area contributed by atoms with Crippen LogP contribution in [0, 0.1) is 11.6 Å². The molecular formula is C15H12F2O4. The van der Waals surface area contributed by atoms with Crippen LogP contribution in [0.25, 0.3) is 0 Å². The molecule has 4 nitrogen and oxygen atoms in total. The van der Waals surface area contributed by atoms with Gasteiger partial charge in [-0.2, -0.15) is 0 Å². The van der Waals surface area contributed by atoms with Gasteiger partial charge >= 0.3 is 5.97 Å². The molecule has 0 bridgehead atoms. The first-order valence-corrected chi connectivity index (χ1v) is 5.75. The van der Waals surface area contributed by atoms with Crippen molar-refractivity contribution in [3.8, 4) is 5.75 Å². The molecule has 0 saturated carbocycles. The van der Waals surface area contributed by atoms with E-state index in [1.165, 1.54) is 37.4 Å². The van der Waals surface area contributed by atoms with Gasteiger partial charge in [0.05, 0.1) is 12.7 Å².